The predicted octanol–water partition coefficient (Wildman–Crippen LogP) is 1.95. The lowest BCUT2D eigenvalue weighted by Crippen LogP contribution is -2.41. The molecule has 2 atom stereocenters. The Bertz CT molecular complexity index is 458. The summed E-state index contributed by atoms with van der Waals surface area (Å²) in [5, 5.41) is 0. The molecule has 0 aliphatic carbocycles. The van der Waals surface area contributed by atoms with Gasteiger partial charge in [0.25, 0.3) is 0 Å². The molecule has 0 N–H and O–H groups in total. The van der Waals surface area contributed by atoms with Crippen LogP contribution in [-0.2, 0) is 14.3 Å². The molecule has 0 bridgehead atoms. The van der Waals surface area contributed by atoms with Crippen molar-refractivity contribution in [3.8, 4) is 0 Å². The summed E-state index contributed by atoms with van der Waals surface area (Å²) in [4.78, 5) is 25.3. The fraction of sp³-hybridized carbons (Fsp3) is 0.467. The van der Waals surface area contributed by atoms with Gasteiger partial charge in [-0.3, -0.25) is 4.79 Å². The maximum atomic E-state index is 12.0. The van der Waals surface area contributed by atoms with Crippen molar-refractivity contribution in [1.82, 2.24) is 4.90 Å². The maximum Gasteiger partial charge on any atom is 0.328 e. The van der Waals surface area contributed by atoms with E-state index in [0.717, 1.165) is 5.56 Å². The average molecular weight is 261 g/mol. The van der Waals surface area contributed by atoms with Gasteiger partial charge in [-0.1, -0.05) is 30.3 Å². The van der Waals surface area contributed by atoms with Crippen LogP contribution in [0.5, 0.6) is 0 Å². The van der Waals surface area contributed by atoms with Crippen molar-refractivity contribution in [2.75, 3.05) is 13.2 Å². The predicted molar refractivity (Wildman–Crippen MR) is 71.6 cm³/mol. The Morgan fingerprint density at radius 1 is 1.42 bits per heavy atom. The molecule has 1 aliphatic rings. The molecule has 1 saturated heterocycles. The van der Waals surface area contributed by atoms with Crippen molar-refractivity contribution < 1.29 is 14.3 Å². The third-order valence-electron chi connectivity index (χ3n) is 3.52. The van der Waals surface area contributed by atoms with Crippen LogP contribution < -0.4 is 0 Å². The number of hydrogen-bond donors (Lipinski definition) is 0. The van der Waals surface area contributed by atoms with Crippen LogP contribution in [0.25, 0.3) is 0 Å². The standard InChI is InChI=1S/C15H19NO3/c1-3-19-15(18)11(2)16-10-13(9-14(16)17)12-7-5-4-6-8-12/h4-8,11,13H,3,9-10H2,1-2H3. The molecule has 102 valence electrons. The number of carbonyl (C=O) groups excluding carboxylic acids is 2. The molecule has 4 heteroatoms. The van der Waals surface area contributed by atoms with Gasteiger partial charge in [0.1, 0.15) is 6.04 Å². The number of rotatable bonds is 4. The number of hydrogen-bond acceptors (Lipinski definition) is 3. The van der Waals surface area contributed by atoms with Gasteiger partial charge in [0.15, 0.2) is 0 Å². The van der Waals surface area contributed by atoms with Crippen LogP contribution in [0.3, 0.4) is 0 Å². The molecule has 1 heterocycles. The topological polar surface area (TPSA) is 46.6 Å². The first-order chi connectivity index (χ1) is 9.13. The second-order valence-corrected chi connectivity index (χ2v) is 4.79. The van der Waals surface area contributed by atoms with E-state index >= 15 is 0 Å². The highest BCUT2D eigenvalue weighted by atomic mass is 16.5. The first-order valence-electron chi connectivity index (χ1n) is 6.64. The minimum Gasteiger partial charge on any atom is -0.464 e. The van der Waals surface area contributed by atoms with E-state index in [9.17, 15) is 9.59 Å². The van der Waals surface area contributed by atoms with Crippen LogP contribution in [0.2, 0.25) is 0 Å². The van der Waals surface area contributed by atoms with Gasteiger partial charge in [-0.25, -0.2) is 4.79 Å². The molecule has 1 aliphatic heterocycles. The molecule has 4 nitrogen and oxygen atoms in total. The zero-order valence-corrected chi connectivity index (χ0v) is 11.3. The summed E-state index contributed by atoms with van der Waals surface area (Å²) >= 11 is 0. The van der Waals surface area contributed by atoms with Crippen molar-refractivity contribution in [3.63, 3.8) is 0 Å². The highest BCUT2D eigenvalue weighted by Crippen LogP contribution is 2.29. The molecule has 0 saturated carbocycles. The lowest BCUT2D eigenvalue weighted by Gasteiger charge is -2.23. The molecule has 0 spiro atoms. The summed E-state index contributed by atoms with van der Waals surface area (Å²) in [7, 11) is 0. The summed E-state index contributed by atoms with van der Waals surface area (Å²) in [6.45, 7) is 4.42. The van der Waals surface area contributed by atoms with Crippen LogP contribution in [0.15, 0.2) is 30.3 Å². The Kier molecular flexibility index (Phi) is 4.20. The normalized spacial score (nSPS) is 20.4. The van der Waals surface area contributed by atoms with Crippen LogP contribution in [0.1, 0.15) is 31.7 Å². The van der Waals surface area contributed by atoms with Gasteiger partial charge in [0.2, 0.25) is 5.91 Å². The minimum absolute atomic E-state index is 0.0226. The number of benzene rings is 1. The molecule has 2 rings (SSSR count). The van der Waals surface area contributed by atoms with Gasteiger partial charge >= 0.3 is 5.97 Å². The summed E-state index contributed by atoms with van der Waals surface area (Å²) in [6, 6.07) is 9.45. The van der Waals surface area contributed by atoms with Crippen molar-refractivity contribution >= 4 is 11.9 Å². The Morgan fingerprint density at radius 3 is 2.74 bits per heavy atom. The Morgan fingerprint density at radius 2 is 2.11 bits per heavy atom. The maximum absolute atomic E-state index is 12.0. The average Bonchev–Trinajstić information content (AvgIpc) is 2.81. The Labute approximate surface area is 113 Å². The smallest absolute Gasteiger partial charge is 0.328 e. The number of nitrogens with zero attached hydrogens (tertiary/aromatic N) is 1. The summed E-state index contributed by atoms with van der Waals surface area (Å²) in [6.07, 6.45) is 0.466. The van der Waals surface area contributed by atoms with Crippen LogP contribution >= 0.6 is 0 Å². The van der Waals surface area contributed by atoms with E-state index in [4.69, 9.17) is 4.74 Å². The number of likely N-dealkylation sites (tertiary alicyclic amines) is 1. The molecule has 19 heavy (non-hydrogen) atoms. The zero-order chi connectivity index (χ0) is 13.8. The highest BCUT2D eigenvalue weighted by molar-refractivity contribution is 5.86. The molecule has 2 unspecified atom stereocenters. The molecule has 0 radical (unpaired) electrons. The van der Waals surface area contributed by atoms with Crippen LogP contribution in [0.4, 0.5) is 0 Å². The van der Waals surface area contributed by atoms with E-state index in [0.29, 0.717) is 19.6 Å². The van der Waals surface area contributed by atoms with Gasteiger partial charge in [0, 0.05) is 18.9 Å². The number of ether oxygens (including phenoxy) is 1. The molecule has 1 fully saturated rings. The van der Waals surface area contributed by atoms with Gasteiger partial charge in [-0.15, -0.1) is 0 Å². The van der Waals surface area contributed by atoms with Gasteiger partial charge in [-0.05, 0) is 19.4 Å². The van der Waals surface area contributed by atoms with Crippen molar-refractivity contribution in [1.29, 1.82) is 0 Å². The quantitative estimate of drug-likeness (QED) is 0.778. The third-order valence-corrected chi connectivity index (χ3v) is 3.52. The van der Waals surface area contributed by atoms with E-state index < -0.39 is 6.04 Å². The van der Waals surface area contributed by atoms with Gasteiger partial charge in [0.05, 0.1) is 6.61 Å². The molecular weight excluding hydrogens is 242 g/mol. The Hall–Kier alpha value is -1.84. The monoisotopic (exact) mass is 261 g/mol. The van der Waals surface area contributed by atoms with E-state index in [-0.39, 0.29) is 17.8 Å². The van der Waals surface area contributed by atoms with E-state index in [1.54, 1.807) is 18.7 Å². The summed E-state index contributed by atoms with van der Waals surface area (Å²) < 4.78 is 4.97. The van der Waals surface area contributed by atoms with Gasteiger partial charge < -0.3 is 9.64 Å². The van der Waals surface area contributed by atoms with Crippen molar-refractivity contribution in [2.24, 2.45) is 0 Å². The lowest BCUT2D eigenvalue weighted by atomic mass is 9.98. The first kappa shape index (κ1) is 13.6. The zero-order valence-electron chi connectivity index (χ0n) is 11.3. The summed E-state index contributed by atoms with van der Waals surface area (Å²) in [5.74, 6) is -0.135. The minimum atomic E-state index is -0.499. The van der Waals surface area contributed by atoms with E-state index in [1.165, 1.54) is 0 Å². The van der Waals surface area contributed by atoms with Crippen molar-refractivity contribution in [2.45, 2.75) is 32.2 Å². The fourth-order valence-corrected chi connectivity index (χ4v) is 2.44. The van der Waals surface area contributed by atoms with Gasteiger partial charge in [-0.2, -0.15) is 0 Å². The summed E-state index contributed by atoms with van der Waals surface area (Å²) in [5.41, 5.74) is 1.15. The number of amides is 1. The first-order valence-corrected chi connectivity index (χ1v) is 6.64. The third kappa shape index (κ3) is 2.95. The molecular formula is C15H19NO3. The van der Waals surface area contributed by atoms with E-state index in [1.807, 2.05) is 30.3 Å². The van der Waals surface area contributed by atoms with E-state index in [2.05, 4.69) is 0 Å². The van der Waals surface area contributed by atoms with Crippen molar-refractivity contribution in [3.05, 3.63) is 35.9 Å². The van der Waals surface area contributed by atoms with Crippen LogP contribution in [0, 0.1) is 0 Å². The second kappa shape index (κ2) is 5.87. The number of esters is 1. The lowest BCUT2D eigenvalue weighted by molar-refractivity contribution is -0.152. The Balaban J connectivity index is 2.06. The molecule has 1 aromatic carbocycles. The van der Waals surface area contributed by atoms with Crippen LogP contribution in [-0.4, -0.2) is 36.0 Å². The number of carbonyl (C=O) groups is 2. The fourth-order valence-electron chi connectivity index (χ4n) is 2.44. The molecule has 0 aromatic heterocycles. The molecule has 1 amide bonds. The second-order valence-electron chi connectivity index (χ2n) is 4.79. The highest BCUT2D eigenvalue weighted by Gasteiger charge is 2.36. The molecule has 1 aromatic rings. The SMILES string of the molecule is CCOC(=O)C(C)N1CC(c2ccccc2)CC1=O. The largest absolute Gasteiger partial charge is 0.464 e.